The minimum absolute atomic E-state index is 0.267. The number of aliphatic hydroxyl groups is 1. The van der Waals surface area contributed by atoms with Crippen molar-refractivity contribution >= 4 is 0 Å². The van der Waals surface area contributed by atoms with Crippen molar-refractivity contribution in [1.29, 1.82) is 0 Å². The van der Waals surface area contributed by atoms with Gasteiger partial charge in [-0.3, -0.25) is 0 Å². The number of allylic oxidation sites excluding steroid dienone is 1. The van der Waals surface area contributed by atoms with Crippen molar-refractivity contribution in [2.75, 3.05) is 0 Å². The summed E-state index contributed by atoms with van der Waals surface area (Å²) in [6.45, 7) is 2.18. The van der Waals surface area contributed by atoms with E-state index < -0.39 is 0 Å². The maximum atomic E-state index is 10.8. The lowest BCUT2D eigenvalue weighted by molar-refractivity contribution is -0.116. The number of ether oxygens (including phenoxy) is 1. The van der Waals surface area contributed by atoms with Gasteiger partial charge in [0.25, 0.3) is 0 Å². The molecule has 2 heteroatoms. The third kappa shape index (κ3) is 1.33. The number of hydrogen-bond acceptors (Lipinski definition) is 2. The van der Waals surface area contributed by atoms with E-state index in [-0.39, 0.29) is 11.7 Å². The highest BCUT2D eigenvalue weighted by Gasteiger charge is 2.64. The van der Waals surface area contributed by atoms with Gasteiger partial charge in [-0.15, -0.1) is 0 Å². The fourth-order valence-corrected chi connectivity index (χ4v) is 6.80. The van der Waals surface area contributed by atoms with Crippen LogP contribution in [-0.2, 0) is 4.74 Å². The Balaban J connectivity index is 1.57. The maximum absolute atomic E-state index is 10.8. The molecular formula is C18H26O2. The van der Waals surface area contributed by atoms with Crippen molar-refractivity contribution in [3.63, 3.8) is 0 Å². The first-order chi connectivity index (χ1) is 9.68. The molecule has 5 rings (SSSR count). The standard InChI is InChI=1S/C18H26O2/c1-18-14-7-3-6-13(14)17(20-18)16-11(9-15(18)19)8-10-4-2-5-12(10)16/h3,7,10-17,19H,2,4-6,8-9H2,1H3/t10-,11+,12-,13-,14+,15+,16-,17+,18+/m1/s1. The monoisotopic (exact) mass is 274 g/mol. The van der Waals surface area contributed by atoms with Crippen LogP contribution in [0.15, 0.2) is 12.2 Å². The Morgan fingerprint density at radius 3 is 2.95 bits per heavy atom. The van der Waals surface area contributed by atoms with Gasteiger partial charge in [0.15, 0.2) is 0 Å². The van der Waals surface area contributed by atoms with Crippen LogP contribution in [0.4, 0.5) is 0 Å². The predicted octanol–water partition coefficient (Wildman–Crippen LogP) is 3.15. The summed E-state index contributed by atoms with van der Waals surface area (Å²) in [5.41, 5.74) is -0.305. The van der Waals surface area contributed by atoms with E-state index in [9.17, 15) is 5.11 Å². The zero-order chi connectivity index (χ0) is 13.5. The van der Waals surface area contributed by atoms with E-state index in [1.54, 1.807) is 0 Å². The van der Waals surface area contributed by atoms with Gasteiger partial charge >= 0.3 is 0 Å². The van der Waals surface area contributed by atoms with Gasteiger partial charge in [0.2, 0.25) is 0 Å². The Hall–Kier alpha value is -0.340. The number of fused-ring (bicyclic) bond motifs is 9. The summed E-state index contributed by atoms with van der Waals surface area (Å²) in [4.78, 5) is 0. The predicted molar refractivity (Wildman–Crippen MR) is 77.1 cm³/mol. The van der Waals surface area contributed by atoms with E-state index in [1.165, 1.54) is 32.1 Å². The van der Waals surface area contributed by atoms with Gasteiger partial charge in [0.1, 0.15) is 0 Å². The smallest absolute Gasteiger partial charge is 0.0982 e. The first-order valence-corrected chi connectivity index (χ1v) is 8.71. The van der Waals surface area contributed by atoms with Gasteiger partial charge in [0.05, 0.1) is 17.8 Å². The molecule has 2 heterocycles. The van der Waals surface area contributed by atoms with Crippen molar-refractivity contribution in [3.8, 4) is 0 Å². The second-order valence-corrected chi connectivity index (χ2v) is 8.30. The van der Waals surface area contributed by atoms with E-state index in [0.717, 1.165) is 30.1 Å². The quantitative estimate of drug-likeness (QED) is 0.688. The molecule has 0 spiro atoms. The van der Waals surface area contributed by atoms with Gasteiger partial charge in [-0.25, -0.2) is 0 Å². The van der Waals surface area contributed by atoms with Crippen LogP contribution >= 0.6 is 0 Å². The van der Waals surface area contributed by atoms with E-state index in [2.05, 4.69) is 19.1 Å². The lowest BCUT2D eigenvalue weighted by atomic mass is 9.68. The summed E-state index contributed by atoms with van der Waals surface area (Å²) >= 11 is 0. The molecule has 2 saturated carbocycles. The SMILES string of the molecule is C[C@]12O[C@@H]([C@@H]3CC=C[C@@H]31)[C@@H]1[C@@H](C[C@H]3CCC[C@H]31)C[C@@H]2O. The highest BCUT2D eigenvalue weighted by Crippen LogP contribution is 2.62. The van der Waals surface area contributed by atoms with Crippen molar-refractivity contribution in [3.05, 3.63) is 12.2 Å². The fourth-order valence-electron chi connectivity index (χ4n) is 6.80. The number of hydrogen-bond donors (Lipinski definition) is 1. The molecule has 0 amide bonds. The first-order valence-electron chi connectivity index (χ1n) is 8.71. The molecule has 0 aromatic heterocycles. The molecule has 20 heavy (non-hydrogen) atoms. The lowest BCUT2D eigenvalue weighted by Crippen LogP contribution is -2.44. The lowest BCUT2D eigenvalue weighted by Gasteiger charge is -2.35. The van der Waals surface area contributed by atoms with Gasteiger partial charge < -0.3 is 9.84 Å². The number of rotatable bonds is 0. The molecule has 2 bridgehead atoms. The van der Waals surface area contributed by atoms with Crippen molar-refractivity contribution in [2.24, 2.45) is 35.5 Å². The zero-order valence-electron chi connectivity index (χ0n) is 12.4. The summed E-state index contributed by atoms with van der Waals surface area (Å²) in [6, 6.07) is 0. The van der Waals surface area contributed by atoms with Crippen LogP contribution in [0.25, 0.3) is 0 Å². The Morgan fingerprint density at radius 1 is 1.15 bits per heavy atom. The molecule has 2 saturated heterocycles. The molecular weight excluding hydrogens is 248 g/mol. The minimum Gasteiger partial charge on any atom is -0.390 e. The van der Waals surface area contributed by atoms with E-state index in [0.29, 0.717) is 17.9 Å². The molecule has 5 aliphatic rings. The third-order valence-electron chi connectivity index (χ3n) is 7.62. The van der Waals surface area contributed by atoms with Gasteiger partial charge in [-0.2, -0.15) is 0 Å². The van der Waals surface area contributed by atoms with Crippen LogP contribution in [-0.4, -0.2) is 22.9 Å². The van der Waals surface area contributed by atoms with E-state index >= 15 is 0 Å². The molecule has 2 nitrogen and oxygen atoms in total. The second kappa shape index (κ2) is 3.89. The second-order valence-electron chi connectivity index (χ2n) is 8.30. The molecule has 110 valence electrons. The van der Waals surface area contributed by atoms with Crippen LogP contribution in [0.3, 0.4) is 0 Å². The van der Waals surface area contributed by atoms with Crippen molar-refractivity contribution in [2.45, 2.75) is 63.3 Å². The highest BCUT2D eigenvalue weighted by molar-refractivity contribution is 5.20. The third-order valence-corrected chi connectivity index (χ3v) is 7.62. The molecule has 0 radical (unpaired) electrons. The van der Waals surface area contributed by atoms with Gasteiger partial charge in [-0.05, 0) is 62.2 Å². The molecule has 1 N–H and O–H groups in total. The van der Waals surface area contributed by atoms with Crippen molar-refractivity contribution < 1.29 is 9.84 Å². The number of aliphatic hydroxyl groups excluding tert-OH is 1. The zero-order valence-corrected chi connectivity index (χ0v) is 12.4. The van der Waals surface area contributed by atoms with Crippen LogP contribution in [0.1, 0.15) is 45.4 Å². The molecule has 2 aliphatic heterocycles. The van der Waals surface area contributed by atoms with E-state index in [4.69, 9.17) is 4.74 Å². The average molecular weight is 274 g/mol. The van der Waals surface area contributed by atoms with Gasteiger partial charge in [-0.1, -0.05) is 25.0 Å². The summed E-state index contributed by atoms with van der Waals surface area (Å²) in [5, 5.41) is 10.8. The molecule has 9 atom stereocenters. The minimum atomic E-state index is -0.305. The fraction of sp³-hybridized carbons (Fsp3) is 0.889. The van der Waals surface area contributed by atoms with Gasteiger partial charge in [0, 0.05) is 5.92 Å². The van der Waals surface area contributed by atoms with Crippen molar-refractivity contribution in [1.82, 2.24) is 0 Å². The summed E-state index contributed by atoms with van der Waals surface area (Å²) in [5.74, 6) is 4.44. The summed E-state index contributed by atoms with van der Waals surface area (Å²) < 4.78 is 6.61. The van der Waals surface area contributed by atoms with Crippen LogP contribution < -0.4 is 0 Å². The average Bonchev–Trinajstić information content (AvgIpc) is 3.11. The summed E-state index contributed by atoms with van der Waals surface area (Å²) in [7, 11) is 0. The molecule has 0 aromatic carbocycles. The van der Waals surface area contributed by atoms with Crippen LogP contribution in [0.2, 0.25) is 0 Å². The normalized spacial score (nSPS) is 63.1. The molecule has 4 fully saturated rings. The Morgan fingerprint density at radius 2 is 2.05 bits per heavy atom. The van der Waals surface area contributed by atoms with Crippen LogP contribution in [0.5, 0.6) is 0 Å². The maximum Gasteiger partial charge on any atom is 0.0982 e. The topological polar surface area (TPSA) is 29.5 Å². The first kappa shape index (κ1) is 12.2. The molecule has 0 unspecified atom stereocenters. The van der Waals surface area contributed by atoms with E-state index in [1.807, 2.05) is 0 Å². The van der Waals surface area contributed by atoms with Crippen LogP contribution in [0, 0.1) is 35.5 Å². The summed E-state index contributed by atoms with van der Waals surface area (Å²) in [6.07, 6.45) is 12.7. The Labute approximate surface area is 121 Å². The molecule has 3 aliphatic carbocycles. The Kier molecular flexibility index (Phi) is 2.38. The highest BCUT2D eigenvalue weighted by atomic mass is 16.5. The Bertz CT molecular complexity index is 458. The largest absolute Gasteiger partial charge is 0.390 e. The molecule has 0 aromatic rings.